The van der Waals surface area contributed by atoms with Crippen molar-refractivity contribution in [1.82, 2.24) is 5.32 Å². The van der Waals surface area contributed by atoms with Gasteiger partial charge in [-0.05, 0) is 22.3 Å². The van der Waals surface area contributed by atoms with E-state index in [4.69, 9.17) is 4.74 Å². The number of rotatable bonds is 9. The molecule has 3 aromatic carbocycles. The molecule has 0 aromatic heterocycles. The number of thioether (sulfide) groups is 1. The Kier molecular flexibility index (Phi) is 7.71. The molecule has 0 unspecified atom stereocenters. The van der Waals surface area contributed by atoms with Gasteiger partial charge in [0.2, 0.25) is 5.91 Å². The van der Waals surface area contributed by atoms with Gasteiger partial charge in [0.15, 0.2) is 0 Å². The standard InChI is InChI=1S/C24H25NO2S/c1-27-17-20-14-12-19(13-15-20)16-25-23(26)18-28-24(21-8-4-2-5-9-21)22-10-6-3-7-11-22/h2-15,24H,16-18H2,1H3,(H,25,26). The summed E-state index contributed by atoms with van der Waals surface area (Å²) in [5, 5.41) is 3.16. The topological polar surface area (TPSA) is 38.3 Å². The number of amides is 1. The summed E-state index contributed by atoms with van der Waals surface area (Å²) in [5.41, 5.74) is 4.63. The zero-order valence-corrected chi connectivity index (χ0v) is 16.8. The predicted octanol–water partition coefficient (Wildman–Crippen LogP) is 4.97. The van der Waals surface area contributed by atoms with Crippen molar-refractivity contribution < 1.29 is 9.53 Å². The summed E-state index contributed by atoms with van der Waals surface area (Å²) in [6.45, 7) is 1.14. The molecule has 0 aliphatic heterocycles. The maximum absolute atomic E-state index is 12.4. The molecule has 1 amide bonds. The van der Waals surface area contributed by atoms with Crippen molar-refractivity contribution in [3.05, 3.63) is 107 Å². The van der Waals surface area contributed by atoms with E-state index < -0.39 is 0 Å². The normalized spacial score (nSPS) is 10.8. The quantitative estimate of drug-likeness (QED) is 0.559. The molecule has 0 heterocycles. The van der Waals surface area contributed by atoms with E-state index in [1.807, 2.05) is 60.7 Å². The Morgan fingerprint density at radius 3 is 1.93 bits per heavy atom. The zero-order chi connectivity index (χ0) is 19.6. The fourth-order valence-corrected chi connectivity index (χ4v) is 4.09. The molecule has 1 N–H and O–H groups in total. The Bertz CT molecular complexity index is 811. The average molecular weight is 392 g/mol. The lowest BCUT2D eigenvalue weighted by Gasteiger charge is -2.17. The van der Waals surface area contributed by atoms with Crippen LogP contribution in [0.15, 0.2) is 84.9 Å². The van der Waals surface area contributed by atoms with Crippen LogP contribution in [-0.2, 0) is 22.7 Å². The fourth-order valence-electron chi connectivity index (χ4n) is 2.97. The van der Waals surface area contributed by atoms with Crippen molar-refractivity contribution in [1.29, 1.82) is 0 Å². The monoisotopic (exact) mass is 391 g/mol. The fraction of sp³-hybridized carbons (Fsp3) is 0.208. The summed E-state index contributed by atoms with van der Waals surface area (Å²) in [7, 11) is 1.68. The van der Waals surface area contributed by atoms with Gasteiger partial charge in [-0.25, -0.2) is 0 Å². The third kappa shape index (κ3) is 5.98. The van der Waals surface area contributed by atoms with Crippen molar-refractivity contribution >= 4 is 17.7 Å². The number of carbonyl (C=O) groups is 1. The molecule has 144 valence electrons. The highest BCUT2D eigenvalue weighted by molar-refractivity contribution is 8.00. The maximum atomic E-state index is 12.4. The molecule has 0 atom stereocenters. The number of benzene rings is 3. The van der Waals surface area contributed by atoms with Crippen molar-refractivity contribution in [2.24, 2.45) is 0 Å². The van der Waals surface area contributed by atoms with Crippen LogP contribution >= 0.6 is 11.8 Å². The molecule has 3 rings (SSSR count). The summed E-state index contributed by atoms with van der Waals surface area (Å²) in [4.78, 5) is 12.4. The predicted molar refractivity (Wildman–Crippen MR) is 116 cm³/mol. The van der Waals surface area contributed by atoms with Crippen LogP contribution in [0.5, 0.6) is 0 Å². The van der Waals surface area contributed by atoms with Gasteiger partial charge < -0.3 is 10.1 Å². The molecule has 3 aromatic rings. The summed E-state index contributed by atoms with van der Waals surface area (Å²) >= 11 is 1.65. The molecule has 0 spiro atoms. The minimum atomic E-state index is 0.0443. The lowest BCUT2D eigenvalue weighted by molar-refractivity contribution is -0.118. The van der Waals surface area contributed by atoms with Gasteiger partial charge in [0.25, 0.3) is 0 Å². The largest absolute Gasteiger partial charge is 0.380 e. The van der Waals surface area contributed by atoms with E-state index in [1.165, 1.54) is 11.1 Å². The second-order valence-corrected chi connectivity index (χ2v) is 7.63. The Morgan fingerprint density at radius 2 is 1.39 bits per heavy atom. The molecule has 0 aliphatic carbocycles. The molecular weight excluding hydrogens is 366 g/mol. The van der Waals surface area contributed by atoms with Crippen LogP contribution in [-0.4, -0.2) is 18.8 Å². The number of nitrogens with one attached hydrogen (secondary N) is 1. The smallest absolute Gasteiger partial charge is 0.230 e. The molecule has 0 saturated carbocycles. The highest BCUT2D eigenvalue weighted by Crippen LogP contribution is 2.35. The van der Waals surface area contributed by atoms with Gasteiger partial charge in [-0.15, -0.1) is 11.8 Å². The SMILES string of the molecule is COCc1ccc(CNC(=O)CSC(c2ccccc2)c2ccccc2)cc1. The highest BCUT2D eigenvalue weighted by atomic mass is 32.2. The van der Waals surface area contributed by atoms with Gasteiger partial charge >= 0.3 is 0 Å². The van der Waals surface area contributed by atoms with E-state index in [2.05, 4.69) is 29.6 Å². The van der Waals surface area contributed by atoms with Crippen LogP contribution in [0.4, 0.5) is 0 Å². The molecule has 4 heteroatoms. The van der Waals surface area contributed by atoms with Crippen LogP contribution in [0.25, 0.3) is 0 Å². The van der Waals surface area contributed by atoms with Crippen LogP contribution in [0.2, 0.25) is 0 Å². The third-order valence-electron chi connectivity index (χ3n) is 4.41. The zero-order valence-electron chi connectivity index (χ0n) is 16.0. The second-order valence-electron chi connectivity index (χ2n) is 6.54. The summed E-state index contributed by atoms with van der Waals surface area (Å²) < 4.78 is 5.12. The minimum Gasteiger partial charge on any atom is -0.380 e. The lowest BCUT2D eigenvalue weighted by atomic mass is 10.0. The Morgan fingerprint density at radius 1 is 0.857 bits per heavy atom. The van der Waals surface area contributed by atoms with E-state index >= 15 is 0 Å². The van der Waals surface area contributed by atoms with Crippen molar-refractivity contribution in [2.75, 3.05) is 12.9 Å². The Balaban J connectivity index is 1.56. The summed E-state index contributed by atoms with van der Waals surface area (Å²) in [5.74, 6) is 0.457. The van der Waals surface area contributed by atoms with Gasteiger partial charge in [0, 0.05) is 13.7 Å². The third-order valence-corrected chi connectivity index (χ3v) is 5.72. The van der Waals surface area contributed by atoms with Crippen LogP contribution in [0.3, 0.4) is 0 Å². The first-order chi connectivity index (χ1) is 13.8. The lowest BCUT2D eigenvalue weighted by Crippen LogP contribution is -2.25. The van der Waals surface area contributed by atoms with Gasteiger partial charge in [0.1, 0.15) is 0 Å². The summed E-state index contributed by atoms with van der Waals surface area (Å²) in [6.07, 6.45) is 0. The van der Waals surface area contributed by atoms with E-state index in [0.717, 1.165) is 11.1 Å². The Labute approximate surface area is 171 Å². The molecule has 3 nitrogen and oxygen atoms in total. The molecular formula is C24H25NO2S. The van der Waals surface area contributed by atoms with Crippen LogP contribution in [0, 0.1) is 0 Å². The van der Waals surface area contributed by atoms with Crippen LogP contribution in [0.1, 0.15) is 27.5 Å². The number of hydrogen-bond donors (Lipinski definition) is 1. The van der Waals surface area contributed by atoms with Crippen LogP contribution < -0.4 is 5.32 Å². The second kappa shape index (κ2) is 10.7. The first-order valence-electron chi connectivity index (χ1n) is 9.31. The van der Waals surface area contributed by atoms with E-state index in [1.54, 1.807) is 18.9 Å². The number of hydrogen-bond acceptors (Lipinski definition) is 3. The first kappa shape index (κ1) is 20.2. The van der Waals surface area contributed by atoms with Gasteiger partial charge in [-0.3, -0.25) is 4.79 Å². The molecule has 0 fully saturated rings. The molecule has 0 aliphatic rings. The van der Waals surface area contributed by atoms with Gasteiger partial charge in [0.05, 0.1) is 17.6 Å². The summed E-state index contributed by atoms with van der Waals surface area (Å²) in [6, 6.07) is 28.8. The Hall–Kier alpha value is -2.56. The molecule has 0 saturated heterocycles. The van der Waals surface area contributed by atoms with Crippen molar-refractivity contribution in [2.45, 2.75) is 18.4 Å². The van der Waals surface area contributed by atoms with E-state index in [0.29, 0.717) is 18.9 Å². The van der Waals surface area contributed by atoms with E-state index in [-0.39, 0.29) is 11.2 Å². The number of methoxy groups -OCH3 is 1. The molecule has 0 bridgehead atoms. The van der Waals surface area contributed by atoms with Crippen molar-refractivity contribution in [3.8, 4) is 0 Å². The molecule has 0 radical (unpaired) electrons. The number of carbonyl (C=O) groups excluding carboxylic acids is 1. The minimum absolute atomic E-state index is 0.0443. The average Bonchev–Trinajstić information content (AvgIpc) is 2.75. The maximum Gasteiger partial charge on any atom is 0.230 e. The van der Waals surface area contributed by atoms with E-state index in [9.17, 15) is 4.79 Å². The van der Waals surface area contributed by atoms with Gasteiger partial charge in [-0.1, -0.05) is 84.9 Å². The first-order valence-corrected chi connectivity index (χ1v) is 10.4. The molecule has 28 heavy (non-hydrogen) atoms. The van der Waals surface area contributed by atoms with Crippen molar-refractivity contribution in [3.63, 3.8) is 0 Å². The number of ether oxygens (including phenoxy) is 1. The highest BCUT2D eigenvalue weighted by Gasteiger charge is 2.16. The van der Waals surface area contributed by atoms with Gasteiger partial charge in [-0.2, -0.15) is 0 Å².